The van der Waals surface area contributed by atoms with Gasteiger partial charge >= 0.3 is 11.9 Å². The smallest absolute Gasteiger partial charge is 0.311 e. The van der Waals surface area contributed by atoms with Crippen LogP contribution in [-0.4, -0.2) is 46.6 Å². The number of hydrogen-bond acceptors (Lipinski definition) is 4. The Morgan fingerprint density at radius 2 is 1.79 bits per heavy atom. The van der Waals surface area contributed by atoms with Crippen molar-refractivity contribution in [2.75, 3.05) is 19.6 Å². The highest BCUT2D eigenvalue weighted by molar-refractivity contribution is 5.85. The van der Waals surface area contributed by atoms with Gasteiger partial charge < -0.3 is 19.7 Å². The van der Waals surface area contributed by atoms with Gasteiger partial charge in [0.1, 0.15) is 5.75 Å². The van der Waals surface area contributed by atoms with E-state index in [9.17, 15) is 9.59 Å². The Morgan fingerprint density at radius 1 is 1.07 bits per heavy atom. The monoisotopic (exact) mass is 388 g/mol. The number of aliphatic carboxylic acids is 1. The van der Waals surface area contributed by atoms with Crippen LogP contribution in [-0.2, 0) is 16.0 Å². The zero-order valence-electron chi connectivity index (χ0n) is 17.0. The molecule has 1 aromatic carbocycles. The number of carbonyl (C=O) groups is 2. The van der Waals surface area contributed by atoms with E-state index in [4.69, 9.17) is 9.84 Å². The zero-order chi connectivity index (χ0) is 20.4. The van der Waals surface area contributed by atoms with Crippen molar-refractivity contribution in [3.63, 3.8) is 0 Å². The summed E-state index contributed by atoms with van der Waals surface area (Å²) in [6.07, 6.45) is 6.62. The Kier molecular flexibility index (Phi) is 9.01. The second kappa shape index (κ2) is 11.5. The molecule has 6 heteroatoms. The summed E-state index contributed by atoms with van der Waals surface area (Å²) in [5.74, 6) is -0.621. The first-order valence-electron chi connectivity index (χ1n) is 10.3. The summed E-state index contributed by atoms with van der Waals surface area (Å²) >= 11 is 0. The second-order valence-electron chi connectivity index (χ2n) is 7.19. The molecule has 1 heterocycles. The van der Waals surface area contributed by atoms with E-state index in [0.29, 0.717) is 18.6 Å². The largest absolute Gasteiger partial charge is 0.481 e. The zero-order valence-corrected chi connectivity index (χ0v) is 17.0. The van der Waals surface area contributed by atoms with Gasteiger partial charge in [0.05, 0.1) is 0 Å². The number of carbonyl (C=O) groups excluding carboxylic acids is 1. The highest BCUT2D eigenvalue weighted by Crippen LogP contribution is 2.25. The van der Waals surface area contributed by atoms with Crippen molar-refractivity contribution >= 4 is 22.8 Å². The summed E-state index contributed by atoms with van der Waals surface area (Å²) in [5.41, 5.74) is 2.26. The number of rotatable bonds is 13. The molecule has 1 aromatic heterocycles. The lowest BCUT2D eigenvalue weighted by Gasteiger charge is -2.20. The van der Waals surface area contributed by atoms with Crippen LogP contribution < -0.4 is 4.74 Å². The lowest BCUT2D eigenvalue weighted by Crippen LogP contribution is -2.27. The number of fused-ring (bicyclic) bond motifs is 1. The molecule has 2 N–H and O–H groups in total. The van der Waals surface area contributed by atoms with E-state index in [-0.39, 0.29) is 18.8 Å². The number of aromatic amines is 1. The molecule has 0 unspecified atom stereocenters. The van der Waals surface area contributed by atoms with Crippen LogP contribution in [0.15, 0.2) is 24.4 Å². The molecule has 0 aliphatic carbocycles. The van der Waals surface area contributed by atoms with Crippen molar-refractivity contribution < 1.29 is 19.4 Å². The van der Waals surface area contributed by atoms with Gasteiger partial charge in [0, 0.05) is 36.5 Å². The third-order valence-corrected chi connectivity index (χ3v) is 4.77. The summed E-state index contributed by atoms with van der Waals surface area (Å²) in [5, 5.41) is 9.72. The summed E-state index contributed by atoms with van der Waals surface area (Å²) < 4.78 is 5.45. The van der Waals surface area contributed by atoms with Gasteiger partial charge in [0.15, 0.2) is 0 Å². The first kappa shape index (κ1) is 22.0. The number of esters is 1. The number of unbranched alkanes of at least 4 members (excludes halogenated alkanes) is 1. The number of hydrogen-bond donors (Lipinski definition) is 2. The molecule has 0 saturated heterocycles. The molecule has 0 spiro atoms. The highest BCUT2D eigenvalue weighted by atomic mass is 16.5. The maximum Gasteiger partial charge on any atom is 0.311 e. The van der Waals surface area contributed by atoms with Crippen molar-refractivity contribution in [1.82, 2.24) is 9.88 Å². The molecule has 2 rings (SSSR count). The fourth-order valence-corrected chi connectivity index (χ4v) is 3.40. The Balaban J connectivity index is 1.95. The Hall–Kier alpha value is -2.34. The molecule has 0 saturated carbocycles. The van der Waals surface area contributed by atoms with Crippen molar-refractivity contribution in [1.29, 1.82) is 0 Å². The molecular weight excluding hydrogens is 356 g/mol. The average Bonchev–Trinajstić information content (AvgIpc) is 3.06. The van der Waals surface area contributed by atoms with Crippen LogP contribution in [0.5, 0.6) is 5.75 Å². The number of nitrogens with zero attached hydrogens (tertiary/aromatic N) is 1. The molecule has 0 aliphatic rings. The van der Waals surface area contributed by atoms with Crippen LogP contribution in [0.2, 0.25) is 0 Å². The lowest BCUT2D eigenvalue weighted by molar-refractivity contribution is -0.138. The minimum atomic E-state index is -0.838. The van der Waals surface area contributed by atoms with Crippen molar-refractivity contribution in [3.05, 3.63) is 30.0 Å². The van der Waals surface area contributed by atoms with Gasteiger partial charge in [-0.3, -0.25) is 9.59 Å². The third kappa shape index (κ3) is 7.00. The van der Waals surface area contributed by atoms with E-state index in [1.165, 1.54) is 5.56 Å². The molecule has 6 nitrogen and oxygen atoms in total. The molecule has 0 aliphatic heterocycles. The van der Waals surface area contributed by atoms with E-state index >= 15 is 0 Å². The van der Waals surface area contributed by atoms with E-state index < -0.39 is 5.97 Å². The fraction of sp³-hybridized carbons (Fsp3) is 0.545. The predicted molar refractivity (Wildman–Crippen MR) is 111 cm³/mol. The van der Waals surface area contributed by atoms with Gasteiger partial charge in [-0.05, 0) is 69.0 Å². The summed E-state index contributed by atoms with van der Waals surface area (Å²) in [4.78, 5) is 28.3. The summed E-state index contributed by atoms with van der Waals surface area (Å²) in [6.45, 7) is 7.65. The average molecular weight is 389 g/mol. The number of nitrogens with one attached hydrogen (secondary N) is 1. The lowest BCUT2D eigenvalue weighted by atomic mass is 10.1. The molecular formula is C22H32N2O4. The number of benzene rings is 1. The molecule has 28 heavy (non-hydrogen) atoms. The molecule has 0 amide bonds. The first-order valence-corrected chi connectivity index (χ1v) is 10.3. The van der Waals surface area contributed by atoms with Crippen molar-refractivity contribution in [3.8, 4) is 5.75 Å². The quantitative estimate of drug-likeness (QED) is 0.302. The SMILES string of the molecule is CCCN(CCC)CCc1c[nH]c2ccc(OC(=O)CCCCC(=O)O)cc12. The topological polar surface area (TPSA) is 82.6 Å². The molecule has 2 aromatic rings. The number of ether oxygens (including phenoxy) is 1. The van der Waals surface area contributed by atoms with Gasteiger partial charge in [-0.25, -0.2) is 0 Å². The maximum absolute atomic E-state index is 12.0. The van der Waals surface area contributed by atoms with Gasteiger partial charge in [-0.1, -0.05) is 13.8 Å². The van der Waals surface area contributed by atoms with E-state index in [0.717, 1.165) is 49.8 Å². The minimum Gasteiger partial charge on any atom is -0.481 e. The van der Waals surface area contributed by atoms with Crippen LogP contribution in [0.4, 0.5) is 0 Å². The standard InChI is InChI=1S/C22H32N2O4/c1-3-12-24(13-4-2)14-11-17-16-23-20-10-9-18(15-19(17)20)28-22(27)8-6-5-7-21(25)26/h9-10,15-16,23H,3-8,11-14H2,1-2H3,(H,25,26). The predicted octanol–water partition coefficient (Wildman–Crippen LogP) is 4.38. The van der Waals surface area contributed by atoms with Crippen LogP contribution in [0.25, 0.3) is 10.9 Å². The van der Waals surface area contributed by atoms with Gasteiger partial charge in [-0.2, -0.15) is 0 Å². The van der Waals surface area contributed by atoms with Crippen LogP contribution in [0.3, 0.4) is 0 Å². The normalized spacial score (nSPS) is 11.2. The van der Waals surface area contributed by atoms with E-state index in [2.05, 4.69) is 23.7 Å². The van der Waals surface area contributed by atoms with Gasteiger partial charge in [-0.15, -0.1) is 0 Å². The Morgan fingerprint density at radius 3 is 2.46 bits per heavy atom. The number of H-pyrrole nitrogens is 1. The van der Waals surface area contributed by atoms with Crippen molar-refractivity contribution in [2.24, 2.45) is 0 Å². The second-order valence-corrected chi connectivity index (χ2v) is 7.19. The molecule has 0 radical (unpaired) electrons. The van der Waals surface area contributed by atoms with Gasteiger partial charge in [0.25, 0.3) is 0 Å². The minimum absolute atomic E-state index is 0.0824. The fourth-order valence-electron chi connectivity index (χ4n) is 3.40. The summed E-state index contributed by atoms with van der Waals surface area (Å²) in [7, 11) is 0. The maximum atomic E-state index is 12.0. The van der Waals surface area contributed by atoms with Crippen LogP contribution in [0, 0.1) is 0 Å². The number of carboxylic acids is 1. The Labute approximate surface area is 166 Å². The highest BCUT2D eigenvalue weighted by Gasteiger charge is 2.10. The number of aromatic nitrogens is 1. The van der Waals surface area contributed by atoms with E-state index in [1.54, 1.807) is 6.07 Å². The van der Waals surface area contributed by atoms with E-state index in [1.807, 2.05) is 18.3 Å². The molecule has 154 valence electrons. The molecule has 0 fully saturated rings. The summed E-state index contributed by atoms with van der Waals surface area (Å²) in [6, 6.07) is 5.64. The Bertz CT molecular complexity index is 763. The third-order valence-electron chi connectivity index (χ3n) is 4.77. The van der Waals surface area contributed by atoms with Gasteiger partial charge in [0.2, 0.25) is 0 Å². The van der Waals surface area contributed by atoms with Crippen LogP contribution in [0.1, 0.15) is 57.9 Å². The molecule has 0 bridgehead atoms. The molecule has 0 atom stereocenters. The first-order chi connectivity index (χ1) is 13.5. The van der Waals surface area contributed by atoms with Crippen molar-refractivity contribution in [2.45, 2.75) is 58.8 Å². The van der Waals surface area contributed by atoms with Crippen LogP contribution >= 0.6 is 0 Å². The number of carboxylic acid groups (broad SMARTS) is 1.